The fourth-order valence-corrected chi connectivity index (χ4v) is 8.11. The SMILES string of the molecule is C=CCCCOC(=O)[C@@H]1[C@H]2C(=O)N(CCO)C(C(=O)N(CC=C)c3ccc(OC)cc3)C23CC[C@H]1S3. The number of ether oxygens (including phenoxy) is 2. The highest BCUT2D eigenvalue weighted by atomic mass is 32.2. The van der Waals surface area contributed by atoms with Crippen molar-refractivity contribution in [2.75, 3.05) is 38.3 Å². The van der Waals surface area contributed by atoms with Gasteiger partial charge < -0.3 is 24.4 Å². The molecule has 9 heteroatoms. The molecule has 194 valence electrons. The van der Waals surface area contributed by atoms with Crippen molar-refractivity contribution in [2.45, 2.75) is 41.7 Å². The van der Waals surface area contributed by atoms with Gasteiger partial charge in [0.15, 0.2) is 0 Å². The van der Waals surface area contributed by atoms with Crippen LogP contribution in [0.25, 0.3) is 0 Å². The summed E-state index contributed by atoms with van der Waals surface area (Å²) in [4.78, 5) is 44.2. The molecule has 8 nitrogen and oxygen atoms in total. The summed E-state index contributed by atoms with van der Waals surface area (Å²) in [7, 11) is 1.58. The summed E-state index contributed by atoms with van der Waals surface area (Å²) in [5.74, 6) is -1.42. The first kappa shape index (κ1) is 26.3. The van der Waals surface area contributed by atoms with Crippen molar-refractivity contribution < 1.29 is 29.0 Å². The van der Waals surface area contributed by atoms with Gasteiger partial charge in [-0.15, -0.1) is 24.9 Å². The number of β-amino-alcohol motifs (C(OH)–C–C–N with tert-alkyl or cyclic N) is 1. The number of allylic oxidation sites excluding steroid dienone is 1. The van der Waals surface area contributed by atoms with E-state index in [2.05, 4.69) is 13.2 Å². The highest BCUT2D eigenvalue weighted by Crippen LogP contribution is 2.66. The van der Waals surface area contributed by atoms with Crippen LogP contribution in [0.5, 0.6) is 5.75 Å². The Hall–Kier alpha value is -2.78. The second-order valence-corrected chi connectivity index (χ2v) is 10.9. The van der Waals surface area contributed by atoms with Crippen LogP contribution in [0.1, 0.15) is 25.7 Å². The number of unbranched alkanes of at least 4 members (excludes halogenated alkanes) is 1. The summed E-state index contributed by atoms with van der Waals surface area (Å²) in [6.45, 7) is 7.80. The predicted octanol–water partition coefficient (Wildman–Crippen LogP) is 2.81. The minimum atomic E-state index is -0.794. The van der Waals surface area contributed by atoms with Crippen molar-refractivity contribution in [3.8, 4) is 5.75 Å². The molecule has 1 spiro atoms. The predicted molar refractivity (Wildman–Crippen MR) is 139 cm³/mol. The Morgan fingerprint density at radius 1 is 1.28 bits per heavy atom. The van der Waals surface area contributed by atoms with E-state index in [1.165, 1.54) is 4.90 Å². The quantitative estimate of drug-likeness (QED) is 0.260. The topological polar surface area (TPSA) is 96.4 Å². The average Bonchev–Trinajstić information content (AvgIpc) is 3.53. The number of hydrogen-bond donors (Lipinski definition) is 1. The number of methoxy groups -OCH3 is 1. The van der Waals surface area contributed by atoms with Crippen LogP contribution in [0.3, 0.4) is 0 Å². The van der Waals surface area contributed by atoms with Crippen molar-refractivity contribution in [1.82, 2.24) is 4.90 Å². The van der Waals surface area contributed by atoms with Gasteiger partial charge >= 0.3 is 5.97 Å². The third-order valence-corrected chi connectivity index (χ3v) is 9.36. The number of amides is 2. The Labute approximate surface area is 216 Å². The molecule has 0 radical (unpaired) electrons. The van der Waals surface area contributed by atoms with Crippen molar-refractivity contribution in [1.29, 1.82) is 0 Å². The lowest BCUT2D eigenvalue weighted by Gasteiger charge is -2.37. The molecule has 3 saturated heterocycles. The molecular weight excluding hydrogens is 480 g/mol. The normalized spacial score (nSPS) is 28.1. The first-order chi connectivity index (χ1) is 17.4. The van der Waals surface area contributed by atoms with E-state index in [4.69, 9.17) is 9.47 Å². The Balaban J connectivity index is 1.66. The number of rotatable bonds is 12. The minimum absolute atomic E-state index is 0.0321. The monoisotopic (exact) mass is 514 g/mol. The molecule has 3 aliphatic heterocycles. The molecule has 1 N–H and O–H groups in total. The van der Waals surface area contributed by atoms with E-state index in [1.807, 2.05) is 0 Å². The summed E-state index contributed by atoms with van der Waals surface area (Å²) < 4.78 is 10.1. The van der Waals surface area contributed by atoms with E-state index in [0.29, 0.717) is 24.3 Å². The summed E-state index contributed by atoms with van der Waals surface area (Å²) in [6.07, 6.45) is 6.24. The molecule has 3 heterocycles. The number of aliphatic hydroxyl groups is 1. The number of esters is 1. The summed E-state index contributed by atoms with van der Waals surface area (Å²) in [6, 6.07) is 6.35. The molecule has 36 heavy (non-hydrogen) atoms. The Morgan fingerprint density at radius 3 is 2.67 bits per heavy atom. The molecule has 0 saturated carbocycles. The van der Waals surface area contributed by atoms with Crippen LogP contribution in [0, 0.1) is 11.8 Å². The van der Waals surface area contributed by atoms with Gasteiger partial charge in [-0.2, -0.15) is 0 Å². The molecule has 1 aromatic carbocycles. The van der Waals surface area contributed by atoms with Crippen molar-refractivity contribution >= 4 is 35.2 Å². The van der Waals surface area contributed by atoms with Gasteiger partial charge in [-0.05, 0) is 49.9 Å². The number of carbonyl (C=O) groups excluding carboxylic acids is 3. The Kier molecular flexibility index (Phi) is 8.10. The number of carbonyl (C=O) groups is 3. The molecule has 4 rings (SSSR count). The second kappa shape index (κ2) is 11.1. The zero-order valence-corrected chi connectivity index (χ0v) is 21.5. The second-order valence-electron chi connectivity index (χ2n) is 9.35. The van der Waals surface area contributed by atoms with Gasteiger partial charge in [0, 0.05) is 24.0 Å². The van der Waals surface area contributed by atoms with Crippen molar-refractivity contribution in [3.63, 3.8) is 0 Å². The number of nitrogens with zero attached hydrogens (tertiary/aromatic N) is 2. The number of anilines is 1. The number of hydrogen-bond acceptors (Lipinski definition) is 7. The highest BCUT2D eigenvalue weighted by molar-refractivity contribution is 8.02. The molecule has 2 unspecified atom stereocenters. The number of likely N-dealkylation sites (tertiary alicyclic amines) is 1. The highest BCUT2D eigenvalue weighted by Gasteiger charge is 2.74. The zero-order chi connectivity index (χ0) is 25.9. The van der Waals surface area contributed by atoms with Gasteiger partial charge in [0.05, 0.1) is 36.9 Å². The smallest absolute Gasteiger partial charge is 0.310 e. The molecule has 3 aliphatic rings. The van der Waals surface area contributed by atoms with E-state index < -0.39 is 22.6 Å². The molecule has 0 aromatic heterocycles. The van der Waals surface area contributed by atoms with Gasteiger partial charge in [-0.1, -0.05) is 12.2 Å². The summed E-state index contributed by atoms with van der Waals surface area (Å²) in [5, 5.41) is 9.71. The summed E-state index contributed by atoms with van der Waals surface area (Å²) >= 11 is 1.58. The van der Waals surface area contributed by atoms with E-state index in [9.17, 15) is 19.5 Å². The van der Waals surface area contributed by atoms with E-state index in [1.54, 1.807) is 60.2 Å². The van der Waals surface area contributed by atoms with Crippen LogP contribution in [0.15, 0.2) is 49.6 Å². The summed E-state index contributed by atoms with van der Waals surface area (Å²) in [5.41, 5.74) is 0.660. The van der Waals surface area contributed by atoms with Crippen LogP contribution >= 0.6 is 11.8 Å². The van der Waals surface area contributed by atoms with Gasteiger partial charge in [0.2, 0.25) is 5.91 Å². The van der Waals surface area contributed by atoms with Gasteiger partial charge in [-0.3, -0.25) is 14.4 Å². The lowest BCUT2D eigenvalue weighted by atomic mass is 9.71. The van der Waals surface area contributed by atoms with Gasteiger partial charge in [0.1, 0.15) is 11.8 Å². The molecule has 1 aromatic rings. The number of fused-ring (bicyclic) bond motifs is 1. The van der Waals surface area contributed by atoms with Crippen LogP contribution in [-0.4, -0.2) is 77.2 Å². The lowest BCUT2D eigenvalue weighted by Crippen LogP contribution is -2.55. The van der Waals surface area contributed by atoms with E-state index >= 15 is 0 Å². The van der Waals surface area contributed by atoms with E-state index in [0.717, 1.165) is 12.8 Å². The van der Waals surface area contributed by atoms with Gasteiger partial charge in [0.25, 0.3) is 5.91 Å². The minimum Gasteiger partial charge on any atom is -0.497 e. The first-order valence-corrected chi connectivity index (χ1v) is 13.2. The van der Waals surface area contributed by atoms with Crippen LogP contribution < -0.4 is 9.64 Å². The Morgan fingerprint density at radius 2 is 2.03 bits per heavy atom. The maximum absolute atomic E-state index is 14.2. The molecule has 2 amide bonds. The van der Waals surface area contributed by atoms with Crippen LogP contribution in [-0.2, 0) is 19.1 Å². The maximum atomic E-state index is 14.2. The fourth-order valence-electron chi connectivity index (χ4n) is 5.91. The van der Waals surface area contributed by atoms with Crippen molar-refractivity contribution in [3.05, 3.63) is 49.6 Å². The van der Waals surface area contributed by atoms with E-state index in [-0.39, 0.29) is 49.3 Å². The maximum Gasteiger partial charge on any atom is 0.310 e. The molecular formula is C27H34N2O6S. The molecule has 5 atom stereocenters. The van der Waals surface area contributed by atoms with Gasteiger partial charge in [-0.25, -0.2) is 0 Å². The average molecular weight is 515 g/mol. The Bertz CT molecular complexity index is 1010. The molecule has 2 bridgehead atoms. The lowest BCUT2D eigenvalue weighted by molar-refractivity contribution is -0.154. The zero-order valence-electron chi connectivity index (χ0n) is 20.6. The molecule has 0 aliphatic carbocycles. The van der Waals surface area contributed by atoms with Crippen LogP contribution in [0.2, 0.25) is 0 Å². The third kappa shape index (κ3) is 4.43. The first-order valence-electron chi connectivity index (χ1n) is 12.4. The fraction of sp³-hybridized carbons (Fsp3) is 0.519. The number of thioether (sulfide) groups is 1. The third-order valence-electron chi connectivity index (χ3n) is 7.41. The largest absolute Gasteiger partial charge is 0.497 e. The molecule has 3 fully saturated rings. The van der Waals surface area contributed by atoms with Crippen LogP contribution in [0.4, 0.5) is 5.69 Å². The standard InChI is InChI=1S/C27H34N2O6S/c1-4-6-7-17-35-26(33)21-20-12-13-27(36-20)22(21)24(31)29(15-16-30)23(27)25(32)28(14-5-2)18-8-10-19(34-3)11-9-18/h4-5,8-11,20-23,30H,1-2,6-7,12-17H2,3H3/t20-,21+,22+,23?,27?/m1/s1. The number of benzene rings is 1. The number of aliphatic hydroxyl groups excluding tert-OH is 1. The van der Waals surface area contributed by atoms with Crippen molar-refractivity contribution in [2.24, 2.45) is 11.8 Å².